The summed E-state index contributed by atoms with van der Waals surface area (Å²) in [7, 11) is 2.14. The van der Waals surface area contributed by atoms with E-state index in [0.717, 1.165) is 76.2 Å². The van der Waals surface area contributed by atoms with Gasteiger partial charge in [-0.3, -0.25) is 0 Å². The minimum absolute atomic E-state index is 0.181. The van der Waals surface area contributed by atoms with Crippen molar-refractivity contribution in [1.82, 2.24) is 19.8 Å². The molecule has 2 aromatic rings. The molecule has 0 radical (unpaired) electrons. The Hall–Kier alpha value is -3.00. The Morgan fingerprint density at radius 1 is 0.923 bits per heavy atom. The molecule has 2 aliphatic rings. The van der Waals surface area contributed by atoms with Crippen LogP contribution in [0.2, 0.25) is 0 Å². The summed E-state index contributed by atoms with van der Waals surface area (Å²) in [5.74, 6) is 2.12. The van der Waals surface area contributed by atoms with Crippen molar-refractivity contribution < 1.29 is 4.74 Å². The van der Waals surface area contributed by atoms with E-state index in [4.69, 9.17) is 10.5 Å². The molecule has 2 saturated heterocycles. The Morgan fingerprint density at radius 3 is 2.13 bits per heavy atom. The highest BCUT2D eigenvalue weighted by molar-refractivity contribution is 5.52. The third-order valence-electron chi connectivity index (χ3n) is 7.20. The van der Waals surface area contributed by atoms with Crippen LogP contribution in [0.5, 0.6) is 0 Å². The van der Waals surface area contributed by atoms with E-state index in [1.54, 1.807) is 0 Å². The topological polar surface area (TPSA) is 74.0 Å². The molecule has 2 fully saturated rings. The first-order valence-electron chi connectivity index (χ1n) is 14.5. The van der Waals surface area contributed by atoms with Gasteiger partial charge in [-0.1, -0.05) is 26.3 Å². The number of hydrogen-bond donors (Lipinski definition) is 1. The molecule has 0 spiro atoms. The van der Waals surface area contributed by atoms with Crippen molar-refractivity contribution in [3.63, 3.8) is 0 Å². The second-order valence-electron chi connectivity index (χ2n) is 11.7. The number of piperazine rings is 2. The van der Waals surface area contributed by atoms with Crippen molar-refractivity contribution in [3.05, 3.63) is 53.5 Å². The average Bonchev–Trinajstić information content (AvgIpc) is 2.88. The second-order valence-corrected chi connectivity index (χ2v) is 11.7. The van der Waals surface area contributed by atoms with E-state index in [-0.39, 0.29) is 5.60 Å². The Bertz CT molecular complexity index is 1040. The predicted molar refractivity (Wildman–Crippen MR) is 164 cm³/mol. The van der Waals surface area contributed by atoms with Crippen molar-refractivity contribution in [2.24, 2.45) is 0 Å². The molecular weight excluding hydrogens is 486 g/mol. The van der Waals surface area contributed by atoms with E-state index >= 15 is 0 Å². The zero-order valence-electron chi connectivity index (χ0n) is 25.5. The summed E-state index contributed by atoms with van der Waals surface area (Å²) in [6, 6.07) is 8.99. The van der Waals surface area contributed by atoms with E-state index < -0.39 is 0 Å². The first kappa shape index (κ1) is 30.5. The largest absolute Gasteiger partial charge is 0.474 e. The van der Waals surface area contributed by atoms with Gasteiger partial charge in [0.1, 0.15) is 11.4 Å². The molecule has 39 heavy (non-hydrogen) atoms. The van der Waals surface area contributed by atoms with Crippen LogP contribution >= 0.6 is 0 Å². The molecule has 1 aromatic heterocycles. The molecule has 2 N–H and O–H groups in total. The zero-order valence-corrected chi connectivity index (χ0v) is 25.5. The monoisotopic (exact) mass is 537 g/mol. The zero-order chi connectivity index (χ0) is 28.6. The Kier molecular flexibility index (Phi) is 10.9. The molecular formula is C31H51N7O. The first-order valence-corrected chi connectivity index (χ1v) is 14.5. The summed E-state index contributed by atoms with van der Waals surface area (Å²) in [5, 5.41) is 0. The SMILES string of the molecule is C=C(OC(C)(C)C)N1CCN(c2ccc(CCC)c(CC)c2)CC1.Cc1cc(N2CCN(C)CC2)nc(N)n1. The van der Waals surface area contributed by atoms with Crippen molar-refractivity contribution >= 4 is 17.5 Å². The van der Waals surface area contributed by atoms with Gasteiger partial charge in [-0.05, 0) is 77.4 Å². The summed E-state index contributed by atoms with van der Waals surface area (Å²) in [4.78, 5) is 17.6. The second kappa shape index (κ2) is 13.9. The van der Waals surface area contributed by atoms with Crippen LogP contribution in [0.3, 0.4) is 0 Å². The summed E-state index contributed by atoms with van der Waals surface area (Å²) >= 11 is 0. The fraction of sp³-hybridized carbons (Fsp3) is 0.613. The number of benzene rings is 1. The molecule has 4 rings (SSSR count). The number of likely N-dealkylation sites (N-methyl/N-ethyl adjacent to an activating group) is 1. The maximum Gasteiger partial charge on any atom is 0.222 e. The minimum Gasteiger partial charge on any atom is -0.474 e. The highest BCUT2D eigenvalue weighted by Gasteiger charge is 2.22. The molecule has 0 aliphatic carbocycles. The van der Waals surface area contributed by atoms with Gasteiger partial charge >= 0.3 is 0 Å². The summed E-state index contributed by atoms with van der Waals surface area (Å²) in [6.45, 7) is 24.9. The molecule has 0 bridgehead atoms. The van der Waals surface area contributed by atoms with Crippen molar-refractivity contribution in [2.75, 3.05) is 74.9 Å². The third kappa shape index (κ3) is 9.31. The number of anilines is 3. The van der Waals surface area contributed by atoms with Gasteiger partial charge in [0.2, 0.25) is 5.95 Å². The van der Waals surface area contributed by atoms with Crippen LogP contribution in [0.4, 0.5) is 17.5 Å². The number of aromatic nitrogens is 2. The number of ether oxygens (including phenoxy) is 1. The fourth-order valence-electron chi connectivity index (χ4n) is 5.06. The van der Waals surface area contributed by atoms with Crippen LogP contribution in [-0.2, 0) is 17.6 Å². The highest BCUT2D eigenvalue weighted by Crippen LogP contribution is 2.24. The van der Waals surface area contributed by atoms with E-state index in [2.05, 4.69) is 96.0 Å². The minimum atomic E-state index is -0.181. The van der Waals surface area contributed by atoms with Crippen LogP contribution in [-0.4, -0.2) is 84.8 Å². The number of rotatable bonds is 7. The van der Waals surface area contributed by atoms with Gasteiger partial charge in [0, 0.05) is 69.8 Å². The van der Waals surface area contributed by atoms with Gasteiger partial charge in [-0.25, -0.2) is 4.98 Å². The van der Waals surface area contributed by atoms with Gasteiger partial charge in [0.15, 0.2) is 5.88 Å². The van der Waals surface area contributed by atoms with Crippen LogP contribution in [0, 0.1) is 6.92 Å². The molecule has 3 heterocycles. The lowest BCUT2D eigenvalue weighted by Gasteiger charge is -2.39. The molecule has 1 aromatic carbocycles. The maximum absolute atomic E-state index is 5.91. The number of nitrogens with two attached hydrogens (primary N) is 1. The van der Waals surface area contributed by atoms with Gasteiger partial charge in [-0.15, -0.1) is 0 Å². The number of aryl methyl sites for hydroxylation is 3. The molecule has 0 unspecified atom stereocenters. The predicted octanol–water partition coefficient (Wildman–Crippen LogP) is 4.73. The quantitative estimate of drug-likeness (QED) is 0.508. The molecule has 8 nitrogen and oxygen atoms in total. The molecule has 0 amide bonds. The van der Waals surface area contributed by atoms with Crippen LogP contribution in [0.25, 0.3) is 0 Å². The van der Waals surface area contributed by atoms with E-state index in [1.807, 2.05) is 13.0 Å². The Labute approximate surface area is 236 Å². The van der Waals surface area contributed by atoms with Gasteiger partial charge in [-0.2, -0.15) is 4.98 Å². The summed E-state index contributed by atoms with van der Waals surface area (Å²) < 4.78 is 5.91. The Balaban J connectivity index is 0.000000239. The van der Waals surface area contributed by atoms with Crippen LogP contribution in [0.1, 0.15) is 57.9 Å². The number of hydrogen-bond acceptors (Lipinski definition) is 8. The molecule has 0 atom stereocenters. The highest BCUT2D eigenvalue weighted by atomic mass is 16.5. The fourth-order valence-corrected chi connectivity index (χ4v) is 5.06. The molecule has 0 saturated carbocycles. The first-order chi connectivity index (χ1) is 18.5. The smallest absolute Gasteiger partial charge is 0.222 e. The lowest BCUT2D eigenvalue weighted by atomic mass is 10.00. The van der Waals surface area contributed by atoms with Crippen molar-refractivity contribution in [2.45, 2.75) is 66.4 Å². The standard InChI is InChI=1S/C21H34N2O.C10H17N5/c1-7-9-19-10-11-20(16-18(19)8-2)23-14-12-22(13-15-23)17(3)24-21(4,5)6;1-8-7-9(13-10(11)12-8)15-5-3-14(2)4-6-15/h10-11,16H,3,7-9,12-15H2,1-2,4-6H3;7H,3-6H2,1-2H3,(H2,11,12,13). The maximum atomic E-state index is 5.91. The Morgan fingerprint density at radius 2 is 1.56 bits per heavy atom. The van der Waals surface area contributed by atoms with E-state index in [9.17, 15) is 0 Å². The van der Waals surface area contributed by atoms with Crippen molar-refractivity contribution in [1.29, 1.82) is 0 Å². The summed E-state index contributed by atoms with van der Waals surface area (Å²) in [6.07, 6.45) is 3.50. The average molecular weight is 538 g/mol. The van der Waals surface area contributed by atoms with E-state index in [1.165, 1.54) is 29.7 Å². The van der Waals surface area contributed by atoms with Gasteiger partial charge in [0.25, 0.3) is 0 Å². The van der Waals surface area contributed by atoms with Crippen molar-refractivity contribution in [3.8, 4) is 0 Å². The van der Waals surface area contributed by atoms with Gasteiger partial charge in [0.05, 0.1) is 0 Å². The normalized spacial score (nSPS) is 16.5. The number of nitrogen functional groups attached to an aromatic ring is 1. The van der Waals surface area contributed by atoms with Crippen LogP contribution < -0.4 is 15.5 Å². The lowest BCUT2D eigenvalue weighted by molar-refractivity contribution is 0.00167. The lowest BCUT2D eigenvalue weighted by Crippen LogP contribution is -2.46. The molecule has 8 heteroatoms. The molecule has 2 aliphatic heterocycles. The number of nitrogens with zero attached hydrogens (tertiary/aromatic N) is 6. The summed E-state index contributed by atoms with van der Waals surface area (Å²) in [5.41, 5.74) is 10.7. The van der Waals surface area contributed by atoms with E-state index in [0.29, 0.717) is 5.95 Å². The van der Waals surface area contributed by atoms with Crippen LogP contribution in [0.15, 0.2) is 36.7 Å². The molecule has 216 valence electrons. The third-order valence-corrected chi connectivity index (χ3v) is 7.20. The van der Waals surface area contributed by atoms with Gasteiger partial charge < -0.3 is 30.1 Å².